The van der Waals surface area contributed by atoms with Crippen molar-refractivity contribution in [3.05, 3.63) is 34.4 Å². The molecule has 1 aromatic rings. The van der Waals surface area contributed by atoms with E-state index in [0.717, 1.165) is 11.1 Å². The number of cyclic esters (lactones) is 1. The number of carbonyl (C=O) groups excluding carboxylic acids is 3. The average Bonchev–Trinajstić information content (AvgIpc) is 3.71. The molecule has 14 heteroatoms. The second-order valence-electron chi connectivity index (χ2n) is 13.7. The highest BCUT2D eigenvalue weighted by atomic mass is 35.5. The van der Waals surface area contributed by atoms with Gasteiger partial charge in [0.25, 0.3) is 0 Å². The maximum Gasteiger partial charge on any atom is 0.409 e. The monoisotopic (exact) mass is 726 g/mol. The van der Waals surface area contributed by atoms with Gasteiger partial charge in [0.1, 0.15) is 34.7 Å². The van der Waals surface area contributed by atoms with Crippen LogP contribution >= 0.6 is 11.6 Å². The van der Waals surface area contributed by atoms with Crippen molar-refractivity contribution in [1.82, 2.24) is 5.32 Å². The Morgan fingerprint density at radius 1 is 1.31 bits per heavy atom. The molecular formula is C35H51ClN2O10S. The summed E-state index contributed by atoms with van der Waals surface area (Å²) in [7, 11) is 2.13. The Kier molecular flexibility index (Phi) is 13.4. The molecule has 2 saturated heterocycles. The minimum atomic E-state index is -2.34. The Hall–Kier alpha value is -3.15. The number of ether oxygens (including phenoxy) is 5. The van der Waals surface area contributed by atoms with E-state index < -0.39 is 69.6 Å². The number of thiol groups is 1. The van der Waals surface area contributed by atoms with E-state index in [9.17, 15) is 23.7 Å². The topological polar surface area (TPSA) is 153 Å². The normalized spacial score (nSPS) is 25.9. The fourth-order valence-corrected chi connectivity index (χ4v) is 7.32. The molecule has 0 aromatic heterocycles. The highest BCUT2D eigenvalue weighted by molar-refractivity contribution is 8.01. The van der Waals surface area contributed by atoms with Gasteiger partial charge in [-0.2, -0.15) is 0 Å². The number of terminal acetylenes is 1. The number of alkyl carbamates (subject to hydrolysis) is 1. The molecule has 2 amide bonds. The average molecular weight is 727 g/mol. The summed E-state index contributed by atoms with van der Waals surface area (Å²) in [4.78, 5) is 40.9. The molecule has 1 aromatic carbocycles. The second-order valence-corrected chi connectivity index (χ2v) is 17.6. The number of amides is 2. The molecule has 0 saturated carbocycles. The van der Waals surface area contributed by atoms with Crippen LogP contribution in [0.1, 0.15) is 58.9 Å². The highest BCUT2D eigenvalue weighted by Gasteiger charge is 2.64. The zero-order chi connectivity index (χ0) is 36.9. The predicted octanol–water partition coefficient (Wildman–Crippen LogP) is 3.81. The third-order valence-electron chi connectivity index (χ3n) is 9.27. The van der Waals surface area contributed by atoms with Crippen LogP contribution in [0, 0.1) is 18.3 Å². The van der Waals surface area contributed by atoms with Gasteiger partial charge in [0.2, 0.25) is 5.91 Å². The van der Waals surface area contributed by atoms with Crippen molar-refractivity contribution in [3.63, 3.8) is 0 Å². The number of nitrogens with one attached hydrogen (secondary N) is 1. The van der Waals surface area contributed by atoms with Crippen LogP contribution < -0.4 is 15.0 Å². The van der Waals surface area contributed by atoms with Crippen LogP contribution in [0.15, 0.2) is 23.8 Å². The fraction of sp³-hybridized carbons (Fsp3) is 0.629. The first kappa shape index (κ1) is 40.3. The number of benzene rings is 1. The molecule has 3 rings (SSSR count). The number of epoxide rings is 1. The zero-order valence-corrected chi connectivity index (χ0v) is 31.5. The number of rotatable bonds is 16. The minimum Gasteiger partial charge on any atom is -0.495 e. The number of esters is 1. The maximum atomic E-state index is 13.9. The molecule has 2 aliphatic rings. The van der Waals surface area contributed by atoms with Crippen molar-refractivity contribution < 1.29 is 47.4 Å². The number of nitrogens with zero attached hydrogens (tertiary/aromatic N) is 1. The van der Waals surface area contributed by atoms with Gasteiger partial charge < -0.3 is 33.7 Å². The molecule has 2 fully saturated rings. The van der Waals surface area contributed by atoms with Crippen LogP contribution in [0.25, 0.3) is 0 Å². The molecule has 2 N–H and O–H groups in total. The first-order chi connectivity index (χ1) is 22.8. The molecule has 0 bridgehead atoms. The van der Waals surface area contributed by atoms with E-state index >= 15 is 0 Å². The molecule has 49 heavy (non-hydrogen) atoms. The number of aliphatic hydroxyl groups is 1. The Balaban J connectivity index is 1.88. The van der Waals surface area contributed by atoms with Gasteiger partial charge in [-0.3, -0.25) is 19.1 Å². The van der Waals surface area contributed by atoms with Crippen molar-refractivity contribution in [1.29, 1.82) is 0 Å². The summed E-state index contributed by atoms with van der Waals surface area (Å²) in [5.74, 6) is 1.81. The maximum absolute atomic E-state index is 13.9. The highest BCUT2D eigenvalue weighted by Crippen LogP contribution is 2.49. The lowest BCUT2D eigenvalue weighted by Crippen LogP contribution is -2.63. The quantitative estimate of drug-likeness (QED) is 0.0993. The van der Waals surface area contributed by atoms with Gasteiger partial charge in [-0.15, -0.1) is 16.4 Å². The summed E-state index contributed by atoms with van der Waals surface area (Å²) in [5, 5.41) is 13.8. The standard InChI is InChI=1S/C35H51ClN2O10S/c1-11-13-21(2)16-24-17-25(31(36)26(18-24)45-8)38(6)29(39)19-28(47-30(40)14-12-15-49(9,10)43)34(5)32(48-34)22(3)27-20-35(42,23(4)44-7)37-33(41)46-27/h1,13,17-18,22-23,27-28,32,42,49H,12,14-16,19-20H2,2-10H3,(H,37,41)/b21-13+/t22-,23-,27+,28+,32+,34?,35+/m1/s1. The SMILES string of the molecule is C#C/C=C(\C)Cc1cc(OC)c(Cl)c(N(C)C(=O)C[C@H](OC(=O)CCC[SH](C)(C)=O)C2(C)O[C@H]2[C@H](C)[C@@H]2C[C@](O)([C@@H](C)OC)NC(=O)O2)c1. The van der Waals surface area contributed by atoms with Gasteiger partial charge in [0.15, 0.2) is 5.72 Å². The third-order valence-corrected chi connectivity index (χ3v) is 11.0. The Morgan fingerprint density at radius 2 is 1.98 bits per heavy atom. The molecule has 0 aliphatic carbocycles. The van der Waals surface area contributed by atoms with E-state index in [1.807, 2.05) is 6.92 Å². The van der Waals surface area contributed by atoms with Gasteiger partial charge in [0, 0.05) is 38.7 Å². The van der Waals surface area contributed by atoms with Gasteiger partial charge in [-0.25, -0.2) is 4.79 Å². The summed E-state index contributed by atoms with van der Waals surface area (Å²) in [6, 6.07) is 3.56. The molecule has 7 atom stereocenters. The second kappa shape index (κ2) is 16.2. The number of hydrogen-bond donors (Lipinski definition) is 3. The Labute approximate surface area is 295 Å². The number of allylic oxidation sites excluding steroid dienone is 2. The molecular weight excluding hydrogens is 676 g/mol. The summed E-state index contributed by atoms with van der Waals surface area (Å²) >= 11 is 6.68. The van der Waals surface area contributed by atoms with E-state index in [1.165, 1.54) is 19.1 Å². The molecule has 0 radical (unpaired) electrons. The number of carbonyl (C=O) groups is 3. The van der Waals surface area contributed by atoms with Gasteiger partial charge in [-0.1, -0.05) is 30.0 Å². The number of methoxy groups -OCH3 is 2. The zero-order valence-electron chi connectivity index (χ0n) is 29.8. The third kappa shape index (κ3) is 10.2. The minimum absolute atomic E-state index is 0.00590. The van der Waals surface area contributed by atoms with Gasteiger partial charge in [-0.05, 0) is 69.9 Å². The van der Waals surface area contributed by atoms with E-state index in [2.05, 4.69) is 11.2 Å². The van der Waals surface area contributed by atoms with Crippen molar-refractivity contribution in [3.8, 4) is 18.1 Å². The smallest absolute Gasteiger partial charge is 0.409 e. The Morgan fingerprint density at radius 3 is 2.57 bits per heavy atom. The van der Waals surface area contributed by atoms with Crippen LogP contribution in [0.3, 0.4) is 0 Å². The predicted molar refractivity (Wildman–Crippen MR) is 190 cm³/mol. The molecule has 2 aliphatic heterocycles. The molecule has 274 valence electrons. The van der Waals surface area contributed by atoms with Gasteiger partial charge >= 0.3 is 12.1 Å². The Bertz CT molecular complexity index is 1520. The van der Waals surface area contributed by atoms with Crippen molar-refractivity contribution in [2.75, 3.05) is 44.4 Å². The largest absolute Gasteiger partial charge is 0.495 e. The number of hydrogen-bond acceptors (Lipinski definition) is 10. The lowest BCUT2D eigenvalue weighted by atomic mass is 9.84. The van der Waals surface area contributed by atoms with E-state index in [1.54, 1.807) is 58.5 Å². The van der Waals surface area contributed by atoms with Crippen molar-refractivity contribution in [2.24, 2.45) is 5.92 Å². The van der Waals surface area contributed by atoms with E-state index in [-0.39, 0.29) is 24.3 Å². The fourth-order valence-electron chi connectivity index (χ4n) is 6.08. The van der Waals surface area contributed by atoms with Crippen LogP contribution in [-0.4, -0.2) is 103 Å². The molecule has 2 heterocycles. The van der Waals surface area contributed by atoms with E-state index in [0.29, 0.717) is 30.0 Å². The van der Waals surface area contributed by atoms with Gasteiger partial charge in [0.05, 0.1) is 25.3 Å². The lowest BCUT2D eigenvalue weighted by Gasteiger charge is -2.41. The number of anilines is 1. The molecule has 0 spiro atoms. The van der Waals surface area contributed by atoms with Crippen molar-refractivity contribution in [2.45, 2.75) is 95.5 Å². The summed E-state index contributed by atoms with van der Waals surface area (Å²) < 4.78 is 40.7. The van der Waals surface area contributed by atoms with Crippen LogP contribution in [0.5, 0.6) is 5.75 Å². The van der Waals surface area contributed by atoms with Crippen LogP contribution in [0.4, 0.5) is 10.5 Å². The van der Waals surface area contributed by atoms with Crippen LogP contribution in [-0.2, 0) is 44.9 Å². The number of halogens is 1. The van der Waals surface area contributed by atoms with Crippen LogP contribution in [0.2, 0.25) is 5.02 Å². The molecule has 1 unspecified atom stereocenters. The first-order valence-corrected chi connectivity index (χ1v) is 19.3. The van der Waals surface area contributed by atoms with E-state index in [4.69, 9.17) is 41.7 Å². The summed E-state index contributed by atoms with van der Waals surface area (Å²) in [6.45, 7) is 7.06. The first-order valence-electron chi connectivity index (χ1n) is 16.2. The summed E-state index contributed by atoms with van der Waals surface area (Å²) in [6.07, 6.45) is 7.05. The summed E-state index contributed by atoms with van der Waals surface area (Å²) in [5.41, 5.74) is -0.686. The molecule has 12 nitrogen and oxygen atoms in total. The van der Waals surface area contributed by atoms with Crippen molar-refractivity contribution >= 4 is 45.2 Å². The lowest BCUT2D eigenvalue weighted by molar-refractivity contribution is -0.153.